The molecule has 0 amide bonds. The van der Waals surface area contributed by atoms with Gasteiger partial charge in [0.05, 0.1) is 45.5 Å². The van der Waals surface area contributed by atoms with Gasteiger partial charge in [-0.1, -0.05) is 24.3 Å². The highest BCUT2D eigenvalue weighted by molar-refractivity contribution is 7.86. The maximum absolute atomic E-state index is 12.3. The van der Waals surface area contributed by atoms with Crippen molar-refractivity contribution >= 4 is 77.9 Å². The topological polar surface area (TPSA) is 248 Å². The van der Waals surface area contributed by atoms with Gasteiger partial charge in [0.25, 0.3) is 20.2 Å². The second-order valence-electron chi connectivity index (χ2n) is 11.6. The van der Waals surface area contributed by atoms with Crippen molar-refractivity contribution < 1.29 is 36.2 Å². The Morgan fingerprint density at radius 1 is 0.339 bits per heavy atom. The molecule has 0 unspecified atom stereocenters. The molecule has 0 saturated carbocycles. The Bertz CT molecular complexity index is 2550. The Labute approximate surface area is 319 Å². The number of benzene rings is 6. The fourth-order valence-electron chi connectivity index (χ4n) is 4.74. The zero-order chi connectivity index (χ0) is 39.7. The van der Waals surface area contributed by atoms with Gasteiger partial charge in [-0.15, -0.1) is 0 Å². The first-order valence-corrected chi connectivity index (χ1v) is 19.0. The molecule has 4 N–H and O–H groups in total. The Hall–Kier alpha value is -7.12. The number of phenolic OH excluding ortho intramolecular Hbond substituents is 2. The first-order chi connectivity index (χ1) is 26.8. The molecule has 0 aliphatic heterocycles. The van der Waals surface area contributed by atoms with E-state index in [1.54, 1.807) is 72.8 Å². The van der Waals surface area contributed by atoms with Crippen LogP contribution in [0.3, 0.4) is 0 Å². The molecule has 56 heavy (non-hydrogen) atoms. The van der Waals surface area contributed by atoms with Crippen molar-refractivity contribution in [2.75, 3.05) is 0 Å². The molecule has 0 aliphatic carbocycles. The average molecular weight is 789 g/mol. The van der Waals surface area contributed by atoms with Crippen LogP contribution in [0.4, 0.5) is 45.5 Å². The van der Waals surface area contributed by atoms with Gasteiger partial charge in [-0.3, -0.25) is 9.11 Å². The lowest BCUT2D eigenvalue weighted by molar-refractivity contribution is 0.475. The van der Waals surface area contributed by atoms with E-state index in [1.807, 2.05) is 0 Å². The van der Waals surface area contributed by atoms with Crippen LogP contribution >= 0.6 is 0 Å². The lowest BCUT2D eigenvalue weighted by Crippen LogP contribution is -2.01. The Kier molecular flexibility index (Phi) is 11.7. The molecule has 0 heterocycles. The van der Waals surface area contributed by atoms with Crippen LogP contribution in [0.2, 0.25) is 0 Å². The van der Waals surface area contributed by atoms with Gasteiger partial charge in [-0.2, -0.15) is 57.7 Å². The van der Waals surface area contributed by atoms with Crippen LogP contribution in [0, 0.1) is 0 Å². The zero-order valence-electron chi connectivity index (χ0n) is 28.7. The summed E-state index contributed by atoms with van der Waals surface area (Å²) in [6.07, 6.45) is 2.50. The summed E-state index contributed by atoms with van der Waals surface area (Å²) in [5.74, 6) is 0.222. The van der Waals surface area contributed by atoms with Gasteiger partial charge in [0, 0.05) is 0 Å². The summed E-state index contributed by atoms with van der Waals surface area (Å²) in [5, 5.41) is 51.5. The van der Waals surface area contributed by atoms with Crippen molar-refractivity contribution in [1.29, 1.82) is 0 Å². The number of aromatic hydroxyl groups is 2. The smallest absolute Gasteiger partial charge is 0.295 e. The van der Waals surface area contributed by atoms with Gasteiger partial charge in [-0.25, -0.2) is 0 Å². The summed E-state index contributed by atoms with van der Waals surface area (Å²) in [5.41, 5.74) is 3.12. The summed E-state index contributed by atoms with van der Waals surface area (Å²) >= 11 is 0. The number of phenols is 2. The Morgan fingerprint density at radius 3 is 0.804 bits per heavy atom. The second-order valence-corrected chi connectivity index (χ2v) is 14.4. The van der Waals surface area contributed by atoms with E-state index in [0.717, 1.165) is 12.1 Å². The molecule has 0 fully saturated rings. The van der Waals surface area contributed by atoms with Crippen LogP contribution in [0.25, 0.3) is 12.2 Å². The zero-order valence-corrected chi connectivity index (χ0v) is 30.3. The molecule has 16 nitrogen and oxygen atoms in total. The summed E-state index contributed by atoms with van der Waals surface area (Å²) < 4.78 is 69.3. The molecule has 6 aromatic rings. The van der Waals surface area contributed by atoms with Crippen LogP contribution in [0.1, 0.15) is 11.1 Å². The van der Waals surface area contributed by atoms with E-state index in [0.29, 0.717) is 34.1 Å². The minimum atomic E-state index is -4.78. The molecule has 280 valence electrons. The van der Waals surface area contributed by atoms with Gasteiger partial charge in [-0.05, 0) is 132 Å². The standard InChI is InChI=1S/C38H28N8O8S2/c47-35-19-15-31(16-20-35)41-39-27-7-11-29(12-8-27)43-45-33-5-3-25(37(23-33)55(49,50)51)1-2-26-4-6-34(24-38(26)56(52,53)54)46-44-30-13-9-28(10-14-30)40-42-32-17-21-36(48)22-18-32/h1-24,47-48H,(H,49,50,51)(H,52,53,54)/b2-1-,41-39?,42-40?,45-43?,46-44?. The van der Waals surface area contributed by atoms with Gasteiger partial charge >= 0.3 is 0 Å². The second kappa shape index (κ2) is 16.9. The van der Waals surface area contributed by atoms with Crippen molar-refractivity contribution in [2.24, 2.45) is 40.9 Å². The molecule has 0 radical (unpaired) electrons. The lowest BCUT2D eigenvalue weighted by Gasteiger charge is -2.06. The molecule has 6 rings (SSSR count). The largest absolute Gasteiger partial charge is 0.508 e. The Balaban J connectivity index is 1.16. The fraction of sp³-hybridized carbons (Fsp3) is 0. The molecule has 6 aromatic carbocycles. The van der Waals surface area contributed by atoms with Crippen molar-refractivity contribution in [2.45, 2.75) is 9.79 Å². The minimum absolute atomic E-state index is 0.00843. The first kappa shape index (κ1) is 38.6. The molecule has 0 saturated heterocycles. The van der Waals surface area contributed by atoms with Crippen LogP contribution in [-0.2, 0) is 20.2 Å². The van der Waals surface area contributed by atoms with Gasteiger partial charge < -0.3 is 10.2 Å². The summed E-state index contributed by atoms with van der Waals surface area (Å²) in [6.45, 7) is 0. The van der Waals surface area contributed by atoms with Gasteiger partial charge in [0.1, 0.15) is 21.3 Å². The van der Waals surface area contributed by atoms with E-state index in [9.17, 15) is 36.2 Å². The molecule has 0 spiro atoms. The molecule has 0 bridgehead atoms. The van der Waals surface area contributed by atoms with E-state index in [4.69, 9.17) is 0 Å². The maximum Gasteiger partial charge on any atom is 0.295 e. The summed E-state index contributed by atoms with van der Waals surface area (Å²) in [4.78, 5) is -1.05. The van der Waals surface area contributed by atoms with Crippen molar-refractivity contribution in [3.63, 3.8) is 0 Å². The van der Waals surface area contributed by atoms with Crippen LogP contribution in [0.15, 0.2) is 184 Å². The number of hydrogen-bond acceptors (Lipinski definition) is 14. The molecule has 0 atom stereocenters. The third kappa shape index (κ3) is 10.7. The maximum atomic E-state index is 12.3. The highest BCUT2D eigenvalue weighted by Crippen LogP contribution is 2.31. The fourth-order valence-corrected chi connectivity index (χ4v) is 6.15. The lowest BCUT2D eigenvalue weighted by atomic mass is 10.1. The van der Waals surface area contributed by atoms with Crippen molar-refractivity contribution in [1.82, 2.24) is 0 Å². The highest BCUT2D eigenvalue weighted by atomic mass is 32.2. The van der Waals surface area contributed by atoms with Crippen molar-refractivity contribution in [3.05, 3.63) is 145 Å². The number of nitrogens with zero attached hydrogens (tertiary/aromatic N) is 8. The normalized spacial score (nSPS) is 12.5. The molecular weight excluding hydrogens is 761 g/mol. The van der Waals surface area contributed by atoms with E-state index in [-0.39, 0.29) is 34.0 Å². The third-order valence-corrected chi connectivity index (χ3v) is 9.33. The minimum Gasteiger partial charge on any atom is -0.508 e. The average Bonchev–Trinajstić information content (AvgIpc) is 3.18. The molecule has 0 aliphatic rings. The SMILES string of the molecule is O=S(=O)(O)c1cc(N=Nc2ccc(N=Nc3ccc(O)cc3)cc2)ccc1/C=C\c1ccc(N=Nc2ccc(N=Nc3ccc(O)cc3)cc2)cc1S(=O)(=O)O. The number of hydrogen-bond donors (Lipinski definition) is 4. The van der Waals surface area contributed by atoms with Gasteiger partial charge in [0.15, 0.2) is 0 Å². The van der Waals surface area contributed by atoms with E-state index >= 15 is 0 Å². The van der Waals surface area contributed by atoms with E-state index in [2.05, 4.69) is 40.9 Å². The number of azo groups is 4. The quantitative estimate of drug-likeness (QED) is 0.0526. The first-order valence-electron chi connectivity index (χ1n) is 16.1. The van der Waals surface area contributed by atoms with Crippen LogP contribution in [-0.4, -0.2) is 36.2 Å². The summed E-state index contributed by atoms with van der Waals surface area (Å²) in [6, 6.07) is 33.2. The van der Waals surface area contributed by atoms with Crippen molar-refractivity contribution in [3.8, 4) is 11.5 Å². The third-order valence-electron chi connectivity index (χ3n) is 7.52. The summed E-state index contributed by atoms with van der Waals surface area (Å²) in [7, 11) is -9.57. The predicted molar refractivity (Wildman–Crippen MR) is 207 cm³/mol. The van der Waals surface area contributed by atoms with Gasteiger partial charge in [0.2, 0.25) is 0 Å². The molecular formula is C38H28N8O8S2. The number of rotatable bonds is 12. The molecule has 0 aromatic heterocycles. The van der Waals surface area contributed by atoms with E-state index < -0.39 is 30.0 Å². The monoisotopic (exact) mass is 788 g/mol. The van der Waals surface area contributed by atoms with Crippen LogP contribution < -0.4 is 0 Å². The highest BCUT2D eigenvalue weighted by Gasteiger charge is 2.18. The Morgan fingerprint density at radius 2 is 0.554 bits per heavy atom. The van der Waals surface area contributed by atoms with Crippen LogP contribution in [0.5, 0.6) is 11.5 Å². The predicted octanol–water partition coefficient (Wildman–Crippen LogP) is 11.4. The molecule has 18 heteroatoms. The van der Waals surface area contributed by atoms with E-state index in [1.165, 1.54) is 60.7 Å².